The molecule has 4 rings (SSSR count). The predicted octanol–water partition coefficient (Wildman–Crippen LogP) is 2.43. The van der Waals surface area contributed by atoms with E-state index in [1.807, 2.05) is 54.7 Å². The average Bonchev–Trinajstić information content (AvgIpc) is 3.21. The molecule has 1 amide bonds. The van der Waals surface area contributed by atoms with Crippen molar-refractivity contribution in [3.63, 3.8) is 0 Å². The molecule has 26 heavy (non-hydrogen) atoms. The van der Waals surface area contributed by atoms with Crippen LogP contribution in [0.1, 0.15) is 11.1 Å². The van der Waals surface area contributed by atoms with E-state index in [2.05, 4.69) is 15.6 Å². The lowest BCUT2D eigenvalue weighted by atomic mass is 10.0. The van der Waals surface area contributed by atoms with Crippen molar-refractivity contribution in [1.82, 2.24) is 4.98 Å². The Balaban J connectivity index is 1.69. The van der Waals surface area contributed by atoms with Gasteiger partial charge in [0.25, 0.3) is 5.91 Å². The summed E-state index contributed by atoms with van der Waals surface area (Å²) in [7, 11) is 0. The second-order valence-corrected chi connectivity index (χ2v) is 6.28. The van der Waals surface area contributed by atoms with Crippen LogP contribution in [0, 0.1) is 0 Å². The Hall–Kier alpha value is -3.09. The van der Waals surface area contributed by atoms with Crippen LogP contribution in [0.2, 0.25) is 0 Å². The number of rotatable bonds is 5. The first kappa shape index (κ1) is 16.4. The van der Waals surface area contributed by atoms with Crippen molar-refractivity contribution in [3.8, 4) is 0 Å². The highest BCUT2D eigenvalue weighted by molar-refractivity contribution is 6.35. The maximum absolute atomic E-state index is 12.4. The minimum absolute atomic E-state index is 0.141. The minimum atomic E-state index is -0.829. The second kappa shape index (κ2) is 6.67. The van der Waals surface area contributed by atoms with Gasteiger partial charge in [-0.05, 0) is 30.3 Å². The number of nitrogens with one attached hydrogen (secondary N) is 3. The van der Waals surface area contributed by atoms with E-state index in [1.54, 1.807) is 0 Å². The largest absolute Gasteiger partial charge is 0.394 e. The van der Waals surface area contributed by atoms with Gasteiger partial charge in [0, 0.05) is 51.7 Å². The van der Waals surface area contributed by atoms with Crippen LogP contribution in [0.5, 0.6) is 0 Å². The van der Waals surface area contributed by atoms with E-state index in [0.29, 0.717) is 5.57 Å². The highest BCUT2D eigenvalue weighted by Crippen LogP contribution is 2.36. The van der Waals surface area contributed by atoms with E-state index in [4.69, 9.17) is 5.11 Å². The molecule has 0 bridgehead atoms. The highest BCUT2D eigenvalue weighted by Gasteiger charge is 2.24. The number of fused-ring (bicyclic) bond motifs is 2. The molecule has 0 saturated carbocycles. The fraction of sp³-hybridized carbons (Fsp3) is 0.150. The van der Waals surface area contributed by atoms with Gasteiger partial charge in [-0.25, -0.2) is 0 Å². The molecular formula is C20H19N3O3. The summed E-state index contributed by atoms with van der Waals surface area (Å²) in [5.74, 6) is -0.141. The summed E-state index contributed by atoms with van der Waals surface area (Å²) in [6.45, 7) is -0.0676. The van der Waals surface area contributed by atoms with Crippen LogP contribution in [0.15, 0.2) is 48.7 Å². The molecule has 0 spiro atoms. The highest BCUT2D eigenvalue weighted by atomic mass is 16.3. The van der Waals surface area contributed by atoms with Gasteiger partial charge in [0.15, 0.2) is 0 Å². The van der Waals surface area contributed by atoms with Gasteiger partial charge in [-0.2, -0.15) is 0 Å². The SMILES string of the molecule is O=C1Nc2ccc(NCC(O)CO)cc2C1=Cc1c[nH]c2ccccc12. The fourth-order valence-corrected chi connectivity index (χ4v) is 3.11. The van der Waals surface area contributed by atoms with Crippen LogP contribution in [0.3, 0.4) is 0 Å². The first-order valence-corrected chi connectivity index (χ1v) is 8.42. The molecule has 0 saturated heterocycles. The molecular weight excluding hydrogens is 330 g/mol. The van der Waals surface area contributed by atoms with E-state index < -0.39 is 6.10 Å². The Bertz CT molecular complexity index is 1010. The second-order valence-electron chi connectivity index (χ2n) is 6.28. The molecule has 1 aliphatic heterocycles. The fourth-order valence-electron chi connectivity index (χ4n) is 3.11. The number of amides is 1. The van der Waals surface area contributed by atoms with Crippen molar-refractivity contribution in [1.29, 1.82) is 0 Å². The summed E-state index contributed by atoms with van der Waals surface area (Å²) in [4.78, 5) is 15.6. The molecule has 5 N–H and O–H groups in total. The van der Waals surface area contributed by atoms with Gasteiger partial charge in [0.1, 0.15) is 0 Å². The van der Waals surface area contributed by atoms with Gasteiger partial charge in [-0.15, -0.1) is 0 Å². The quantitative estimate of drug-likeness (QED) is 0.457. The molecule has 1 atom stereocenters. The van der Waals surface area contributed by atoms with Gasteiger partial charge >= 0.3 is 0 Å². The Labute approximate surface area is 150 Å². The lowest BCUT2D eigenvalue weighted by molar-refractivity contribution is -0.110. The van der Waals surface area contributed by atoms with Crippen LogP contribution >= 0.6 is 0 Å². The third-order valence-electron chi connectivity index (χ3n) is 4.48. The van der Waals surface area contributed by atoms with E-state index >= 15 is 0 Å². The van der Waals surface area contributed by atoms with Crippen molar-refractivity contribution < 1.29 is 15.0 Å². The third kappa shape index (κ3) is 2.96. The van der Waals surface area contributed by atoms with Gasteiger partial charge < -0.3 is 25.8 Å². The number of carbonyl (C=O) groups is 1. The number of aromatic nitrogens is 1. The van der Waals surface area contributed by atoms with Crippen molar-refractivity contribution in [3.05, 3.63) is 59.8 Å². The molecule has 0 aliphatic carbocycles. The summed E-state index contributed by atoms with van der Waals surface area (Å²) in [5, 5.41) is 25.4. The monoisotopic (exact) mass is 349 g/mol. The number of anilines is 2. The zero-order valence-corrected chi connectivity index (χ0v) is 14.0. The smallest absolute Gasteiger partial charge is 0.256 e. The van der Waals surface area contributed by atoms with Crippen molar-refractivity contribution >= 4 is 39.8 Å². The number of H-pyrrole nitrogens is 1. The molecule has 0 radical (unpaired) electrons. The molecule has 2 aromatic carbocycles. The maximum atomic E-state index is 12.4. The first-order valence-electron chi connectivity index (χ1n) is 8.42. The van der Waals surface area contributed by atoms with Gasteiger partial charge in [-0.1, -0.05) is 18.2 Å². The van der Waals surface area contributed by atoms with Crippen LogP contribution in [0.25, 0.3) is 22.6 Å². The van der Waals surface area contributed by atoms with Crippen molar-refractivity contribution in [2.45, 2.75) is 6.10 Å². The molecule has 132 valence electrons. The summed E-state index contributed by atoms with van der Waals surface area (Å²) >= 11 is 0. The zero-order chi connectivity index (χ0) is 18.1. The molecule has 1 aromatic heterocycles. The minimum Gasteiger partial charge on any atom is -0.394 e. The number of para-hydroxylation sites is 1. The van der Waals surface area contributed by atoms with E-state index in [-0.39, 0.29) is 19.1 Å². The van der Waals surface area contributed by atoms with E-state index in [0.717, 1.165) is 33.4 Å². The van der Waals surface area contributed by atoms with Crippen LogP contribution in [-0.2, 0) is 4.79 Å². The average molecular weight is 349 g/mol. The van der Waals surface area contributed by atoms with Crippen LogP contribution in [-0.4, -0.2) is 40.4 Å². The molecule has 6 nitrogen and oxygen atoms in total. The molecule has 0 fully saturated rings. The number of hydrogen-bond donors (Lipinski definition) is 5. The van der Waals surface area contributed by atoms with Crippen molar-refractivity contribution in [2.75, 3.05) is 23.8 Å². The van der Waals surface area contributed by atoms with E-state index in [9.17, 15) is 9.90 Å². The van der Waals surface area contributed by atoms with Crippen LogP contribution in [0.4, 0.5) is 11.4 Å². The lowest BCUT2D eigenvalue weighted by Crippen LogP contribution is -2.22. The molecule has 1 unspecified atom stereocenters. The normalized spacial score (nSPS) is 15.9. The number of aromatic amines is 1. The summed E-state index contributed by atoms with van der Waals surface area (Å²) < 4.78 is 0. The standard InChI is InChI=1S/C20H19N3O3/c24-11-14(25)10-21-13-5-6-19-16(8-13)17(20(26)23-19)7-12-9-22-18-4-2-1-3-15(12)18/h1-9,14,21-22,24-25H,10-11H2,(H,23,26). The van der Waals surface area contributed by atoms with Crippen molar-refractivity contribution in [2.24, 2.45) is 0 Å². The maximum Gasteiger partial charge on any atom is 0.256 e. The molecule has 2 heterocycles. The van der Waals surface area contributed by atoms with Crippen LogP contribution < -0.4 is 10.6 Å². The molecule has 1 aliphatic rings. The number of aliphatic hydroxyl groups excluding tert-OH is 2. The zero-order valence-electron chi connectivity index (χ0n) is 14.0. The summed E-state index contributed by atoms with van der Waals surface area (Å²) in [5.41, 5.74) is 4.91. The predicted molar refractivity (Wildman–Crippen MR) is 103 cm³/mol. The molecule has 6 heteroatoms. The first-order chi connectivity index (χ1) is 12.7. The summed E-state index contributed by atoms with van der Waals surface area (Å²) in [6, 6.07) is 13.5. The molecule has 3 aromatic rings. The summed E-state index contributed by atoms with van der Waals surface area (Å²) in [6.07, 6.45) is 2.94. The van der Waals surface area contributed by atoms with Gasteiger partial charge in [0.05, 0.1) is 12.7 Å². The third-order valence-corrected chi connectivity index (χ3v) is 4.48. The van der Waals surface area contributed by atoms with Gasteiger partial charge in [0.2, 0.25) is 0 Å². The van der Waals surface area contributed by atoms with E-state index in [1.165, 1.54) is 0 Å². The Morgan fingerprint density at radius 1 is 1.19 bits per heavy atom. The Kier molecular flexibility index (Phi) is 4.20. The Morgan fingerprint density at radius 3 is 2.88 bits per heavy atom. The number of hydrogen-bond acceptors (Lipinski definition) is 4. The number of benzene rings is 2. The Morgan fingerprint density at radius 2 is 2.04 bits per heavy atom. The topological polar surface area (TPSA) is 97.4 Å². The van der Waals surface area contributed by atoms with Gasteiger partial charge in [-0.3, -0.25) is 4.79 Å². The lowest BCUT2D eigenvalue weighted by Gasteiger charge is -2.11. The number of aliphatic hydroxyl groups is 2. The number of carbonyl (C=O) groups excluding carboxylic acids is 1.